The van der Waals surface area contributed by atoms with Gasteiger partial charge in [0.1, 0.15) is 0 Å². The molecule has 0 aliphatic heterocycles. The van der Waals surface area contributed by atoms with E-state index in [1.165, 1.54) is 11.1 Å². The first kappa shape index (κ1) is 13.6. The average Bonchev–Trinajstić information content (AvgIpc) is 2.85. The molecule has 0 aromatic heterocycles. The molecular formula is C15H14BrNO2S. The molecule has 0 heterocycles. The van der Waals surface area contributed by atoms with Gasteiger partial charge in [-0.15, -0.1) is 0 Å². The number of hydrogen-bond donors (Lipinski definition) is 1. The molecule has 3 nitrogen and oxygen atoms in total. The number of fused-ring (bicyclic) bond motifs is 1. The second-order valence-corrected chi connectivity index (χ2v) is 7.50. The number of nitrogens with one attached hydrogen (secondary N) is 1. The Morgan fingerprint density at radius 3 is 2.60 bits per heavy atom. The van der Waals surface area contributed by atoms with Crippen molar-refractivity contribution >= 4 is 31.6 Å². The summed E-state index contributed by atoms with van der Waals surface area (Å²) in [6, 6.07) is 12.5. The minimum atomic E-state index is -3.53. The van der Waals surface area contributed by atoms with Crippen molar-refractivity contribution in [3.63, 3.8) is 0 Å². The summed E-state index contributed by atoms with van der Waals surface area (Å²) in [6.07, 6.45) is 3.27. The summed E-state index contributed by atoms with van der Waals surface area (Å²) in [7, 11) is -3.53. The van der Waals surface area contributed by atoms with Gasteiger partial charge in [0, 0.05) is 10.2 Å². The molecule has 1 N–H and O–H groups in total. The Bertz CT molecular complexity index is 756. The van der Waals surface area contributed by atoms with Gasteiger partial charge in [0.15, 0.2) is 0 Å². The summed E-state index contributed by atoms with van der Waals surface area (Å²) in [5.74, 6) is 0. The molecule has 20 heavy (non-hydrogen) atoms. The molecule has 2 aromatic carbocycles. The minimum absolute atomic E-state index is 0.257. The Kier molecular flexibility index (Phi) is 3.56. The SMILES string of the molecule is O=S(=O)(Nc1ccc2c(c1)CCC2)c1cccc(Br)c1. The number of hydrogen-bond acceptors (Lipinski definition) is 2. The highest BCUT2D eigenvalue weighted by molar-refractivity contribution is 9.10. The lowest BCUT2D eigenvalue weighted by atomic mass is 10.1. The summed E-state index contributed by atoms with van der Waals surface area (Å²) in [4.78, 5) is 0.257. The molecule has 0 atom stereocenters. The lowest BCUT2D eigenvalue weighted by molar-refractivity contribution is 0.601. The zero-order valence-electron chi connectivity index (χ0n) is 10.8. The van der Waals surface area contributed by atoms with Crippen LogP contribution in [0.2, 0.25) is 0 Å². The molecule has 0 radical (unpaired) electrons. The van der Waals surface area contributed by atoms with Gasteiger partial charge in [0.05, 0.1) is 4.90 Å². The Morgan fingerprint density at radius 2 is 1.80 bits per heavy atom. The molecule has 0 saturated heterocycles. The molecule has 0 saturated carbocycles. The number of aryl methyl sites for hydroxylation is 2. The van der Waals surface area contributed by atoms with E-state index in [9.17, 15) is 8.42 Å². The van der Waals surface area contributed by atoms with E-state index in [-0.39, 0.29) is 4.90 Å². The third-order valence-corrected chi connectivity index (χ3v) is 5.33. The van der Waals surface area contributed by atoms with Crippen molar-refractivity contribution in [1.29, 1.82) is 0 Å². The van der Waals surface area contributed by atoms with Gasteiger partial charge in [-0.3, -0.25) is 4.72 Å². The molecule has 3 rings (SSSR count). The van der Waals surface area contributed by atoms with Gasteiger partial charge in [0.25, 0.3) is 10.0 Å². The monoisotopic (exact) mass is 351 g/mol. The molecule has 104 valence electrons. The molecule has 0 amide bonds. The van der Waals surface area contributed by atoms with E-state index in [0.29, 0.717) is 5.69 Å². The number of benzene rings is 2. The molecular weight excluding hydrogens is 338 g/mol. The summed E-state index contributed by atoms with van der Waals surface area (Å²) in [5.41, 5.74) is 3.21. The van der Waals surface area contributed by atoms with Gasteiger partial charge >= 0.3 is 0 Å². The first-order chi connectivity index (χ1) is 9.54. The van der Waals surface area contributed by atoms with Crippen molar-refractivity contribution in [2.24, 2.45) is 0 Å². The van der Waals surface area contributed by atoms with Crippen LogP contribution < -0.4 is 4.72 Å². The Labute approximate surface area is 127 Å². The topological polar surface area (TPSA) is 46.2 Å². The highest BCUT2D eigenvalue weighted by Crippen LogP contribution is 2.26. The van der Waals surface area contributed by atoms with Crippen LogP contribution in [0.4, 0.5) is 5.69 Å². The normalized spacial score (nSPS) is 14.1. The van der Waals surface area contributed by atoms with Gasteiger partial charge < -0.3 is 0 Å². The van der Waals surface area contributed by atoms with E-state index in [1.54, 1.807) is 24.3 Å². The Balaban J connectivity index is 1.90. The van der Waals surface area contributed by atoms with E-state index in [0.717, 1.165) is 23.7 Å². The summed E-state index contributed by atoms with van der Waals surface area (Å²) in [5, 5.41) is 0. The van der Waals surface area contributed by atoms with Crippen molar-refractivity contribution in [2.75, 3.05) is 4.72 Å². The first-order valence-corrected chi connectivity index (χ1v) is 8.72. The van der Waals surface area contributed by atoms with E-state index >= 15 is 0 Å². The smallest absolute Gasteiger partial charge is 0.261 e. The maximum atomic E-state index is 12.3. The summed E-state index contributed by atoms with van der Waals surface area (Å²) < 4.78 is 28.0. The fourth-order valence-corrected chi connectivity index (χ4v) is 4.13. The largest absolute Gasteiger partial charge is 0.280 e. The Hall–Kier alpha value is -1.33. The number of anilines is 1. The predicted molar refractivity (Wildman–Crippen MR) is 83.4 cm³/mol. The van der Waals surface area contributed by atoms with Crippen molar-refractivity contribution in [2.45, 2.75) is 24.2 Å². The van der Waals surface area contributed by atoms with Crippen LogP contribution in [0, 0.1) is 0 Å². The molecule has 1 aliphatic rings. The zero-order chi connectivity index (χ0) is 14.2. The second-order valence-electron chi connectivity index (χ2n) is 4.90. The highest BCUT2D eigenvalue weighted by atomic mass is 79.9. The standard InChI is InChI=1S/C15H14BrNO2S/c16-13-5-2-6-15(10-13)20(18,19)17-14-8-7-11-3-1-4-12(11)9-14/h2,5-10,17H,1,3-4H2. The van der Waals surface area contributed by atoms with Crippen LogP contribution in [0.15, 0.2) is 51.8 Å². The van der Waals surface area contributed by atoms with Crippen molar-refractivity contribution in [3.8, 4) is 0 Å². The van der Waals surface area contributed by atoms with Crippen molar-refractivity contribution in [1.82, 2.24) is 0 Å². The molecule has 2 aromatic rings. The Morgan fingerprint density at radius 1 is 1.00 bits per heavy atom. The van der Waals surface area contributed by atoms with E-state index < -0.39 is 10.0 Å². The fraction of sp³-hybridized carbons (Fsp3) is 0.200. The van der Waals surface area contributed by atoms with Gasteiger partial charge in [0.2, 0.25) is 0 Å². The minimum Gasteiger partial charge on any atom is -0.280 e. The predicted octanol–water partition coefficient (Wildman–Crippen LogP) is 3.74. The average molecular weight is 352 g/mol. The number of rotatable bonds is 3. The lowest BCUT2D eigenvalue weighted by Gasteiger charge is -2.10. The van der Waals surface area contributed by atoms with E-state index in [4.69, 9.17) is 0 Å². The van der Waals surface area contributed by atoms with Gasteiger partial charge in [-0.1, -0.05) is 28.1 Å². The highest BCUT2D eigenvalue weighted by Gasteiger charge is 2.16. The quantitative estimate of drug-likeness (QED) is 0.915. The van der Waals surface area contributed by atoms with Crippen LogP contribution in [0.1, 0.15) is 17.5 Å². The third-order valence-electron chi connectivity index (χ3n) is 3.46. The van der Waals surface area contributed by atoms with Crippen LogP contribution in [0.3, 0.4) is 0 Å². The van der Waals surface area contributed by atoms with Crippen LogP contribution in [-0.4, -0.2) is 8.42 Å². The molecule has 0 spiro atoms. The molecule has 0 unspecified atom stereocenters. The zero-order valence-corrected chi connectivity index (χ0v) is 13.2. The summed E-state index contributed by atoms with van der Waals surface area (Å²) in [6.45, 7) is 0. The maximum absolute atomic E-state index is 12.3. The molecule has 5 heteroatoms. The molecule has 0 fully saturated rings. The van der Waals surface area contributed by atoms with Crippen molar-refractivity contribution in [3.05, 3.63) is 58.1 Å². The fourth-order valence-electron chi connectivity index (χ4n) is 2.48. The summed E-state index contributed by atoms with van der Waals surface area (Å²) >= 11 is 3.29. The van der Waals surface area contributed by atoms with E-state index in [2.05, 4.69) is 20.7 Å². The first-order valence-electron chi connectivity index (χ1n) is 6.45. The van der Waals surface area contributed by atoms with Crippen LogP contribution in [-0.2, 0) is 22.9 Å². The van der Waals surface area contributed by atoms with Crippen LogP contribution in [0.25, 0.3) is 0 Å². The van der Waals surface area contributed by atoms with E-state index in [1.807, 2.05) is 18.2 Å². The lowest BCUT2D eigenvalue weighted by Crippen LogP contribution is -2.13. The number of halogens is 1. The molecule has 1 aliphatic carbocycles. The van der Waals surface area contributed by atoms with Crippen LogP contribution >= 0.6 is 15.9 Å². The van der Waals surface area contributed by atoms with Gasteiger partial charge in [-0.25, -0.2) is 8.42 Å². The third kappa shape index (κ3) is 2.74. The molecule has 0 bridgehead atoms. The number of sulfonamides is 1. The van der Waals surface area contributed by atoms with Gasteiger partial charge in [-0.2, -0.15) is 0 Å². The second kappa shape index (κ2) is 5.22. The van der Waals surface area contributed by atoms with Crippen LogP contribution in [0.5, 0.6) is 0 Å². The van der Waals surface area contributed by atoms with Crippen molar-refractivity contribution < 1.29 is 8.42 Å². The maximum Gasteiger partial charge on any atom is 0.261 e. The van der Waals surface area contributed by atoms with Gasteiger partial charge in [-0.05, 0) is 60.7 Å².